The highest BCUT2D eigenvalue weighted by molar-refractivity contribution is 6.15. The molecule has 5 nitrogen and oxygen atoms in total. The molecule has 4 aromatic rings. The van der Waals surface area contributed by atoms with E-state index in [1.807, 2.05) is 58.0 Å². The first-order chi connectivity index (χ1) is 13.8. The Labute approximate surface area is 168 Å². The fraction of sp³-hybridized carbons (Fsp3) is 0.208. The molecule has 0 N–H and O–H groups in total. The molecule has 3 aromatic carbocycles. The summed E-state index contributed by atoms with van der Waals surface area (Å²) >= 11 is 0. The van der Waals surface area contributed by atoms with Gasteiger partial charge < -0.3 is 4.57 Å². The van der Waals surface area contributed by atoms with Crippen molar-refractivity contribution in [2.45, 2.75) is 34.2 Å². The van der Waals surface area contributed by atoms with Crippen LogP contribution in [0.15, 0.2) is 48.5 Å². The average molecular weight is 386 g/mol. The lowest BCUT2D eigenvalue weighted by Gasteiger charge is -2.11. The Morgan fingerprint density at radius 1 is 0.931 bits per heavy atom. The molecule has 0 spiro atoms. The van der Waals surface area contributed by atoms with Gasteiger partial charge in [0.2, 0.25) is 0 Å². The quantitative estimate of drug-likeness (QED) is 0.250. The molecule has 5 heteroatoms. The molecule has 0 aliphatic heterocycles. The summed E-state index contributed by atoms with van der Waals surface area (Å²) < 4.78 is 2.12. The molecule has 0 amide bonds. The Balaban J connectivity index is 1.96. The highest BCUT2D eigenvalue weighted by Gasteiger charge is 2.19. The molecule has 0 atom stereocenters. The number of nitro benzene ring substituents is 1. The van der Waals surface area contributed by atoms with Crippen LogP contribution in [0.25, 0.3) is 21.8 Å². The van der Waals surface area contributed by atoms with E-state index in [0.717, 1.165) is 50.6 Å². The predicted molar refractivity (Wildman–Crippen MR) is 116 cm³/mol. The van der Waals surface area contributed by atoms with Crippen molar-refractivity contribution in [3.8, 4) is 0 Å². The van der Waals surface area contributed by atoms with Crippen LogP contribution in [0.2, 0.25) is 0 Å². The number of aromatic nitrogens is 1. The number of non-ortho nitro benzene ring substituents is 1. The largest absolute Gasteiger partial charge is 0.341 e. The number of carbonyl (C=O) groups is 1. The van der Waals surface area contributed by atoms with E-state index in [1.54, 1.807) is 12.1 Å². The molecule has 1 aromatic heterocycles. The first-order valence-corrected chi connectivity index (χ1v) is 9.64. The molecule has 0 unspecified atom stereocenters. The van der Waals surface area contributed by atoms with Crippen LogP contribution in [0.1, 0.15) is 39.5 Å². The van der Waals surface area contributed by atoms with Crippen LogP contribution in [-0.2, 0) is 6.54 Å². The average Bonchev–Trinajstić information content (AvgIpc) is 2.99. The minimum atomic E-state index is -0.386. The molecule has 1 heterocycles. The summed E-state index contributed by atoms with van der Waals surface area (Å²) in [5.41, 5.74) is 6.31. The number of hydrogen-bond donors (Lipinski definition) is 0. The van der Waals surface area contributed by atoms with E-state index in [1.165, 1.54) is 6.07 Å². The first-order valence-electron chi connectivity index (χ1n) is 9.64. The van der Waals surface area contributed by atoms with E-state index < -0.39 is 0 Å². The van der Waals surface area contributed by atoms with Crippen LogP contribution in [0, 0.1) is 30.9 Å². The van der Waals surface area contributed by atoms with Crippen LogP contribution in [0.5, 0.6) is 0 Å². The third-order valence-corrected chi connectivity index (χ3v) is 5.54. The lowest BCUT2D eigenvalue weighted by atomic mass is 9.92. The Bertz CT molecular complexity index is 1290. The van der Waals surface area contributed by atoms with E-state index in [2.05, 4.69) is 4.57 Å². The number of nitro groups is 1. The molecule has 146 valence electrons. The number of ketones is 1. The lowest BCUT2D eigenvalue weighted by Crippen LogP contribution is -2.07. The van der Waals surface area contributed by atoms with Gasteiger partial charge in [-0.1, -0.05) is 17.7 Å². The summed E-state index contributed by atoms with van der Waals surface area (Å²) in [6.45, 7) is 8.71. The molecule has 29 heavy (non-hydrogen) atoms. The Hall–Kier alpha value is -3.47. The molecule has 0 saturated heterocycles. The minimum absolute atomic E-state index is 0.0234. The molecule has 0 fully saturated rings. The van der Waals surface area contributed by atoms with Gasteiger partial charge in [0, 0.05) is 51.6 Å². The van der Waals surface area contributed by atoms with Crippen molar-refractivity contribution in [2.24, 2.45) is 0 Å². The Morgan fingerprint density at radius 3 is 2.10 bits per heavy atom. The second-order valence-corrected chi connectivity index (χ2v) is 7.54. The number of rotatable bonds is 4. The van der Waals surface area contributed by atoms with Crippen LogP contribution < -0.4 is 0 Å². The molecular weight excluding hydrogens is 364 g/mol. The normalized spacial score (nSPS) is 11.3. The van der Waals surface area contributed by atoms with Crippen molar-refractivity contribution in [3.05, 3.63) is 86.5 Å². The van der Waals surface area contributed by atoms with Crippen LogP contribution >= 0.6 is 0 Å². The number of benzene rings is 3. The van der Waals surface area contributed by atoms with Crippen LogP contribution in [-0.4, -0.2) is 15.3 Å². The van der Waals surface area contributed by atoms with Gasteiger partial charge >= 0.3 is 0 Å². The monoisotopic (exact) mass is 386 g/mol. The number of fused-ring (bicyclic) bond motifs is 3. The second-order valence-electron chi connectivity index (χ2n) is 7.54. The van der Waals surface area contributed by atoms with Crippen LogP contribution in [0.4, 0.5) is 5.69 Å². The number of hydrogen-bond acceptors (Lipinski definition) is 3. The number of carbonyl (C=O) groups excluding carboxylic acids is 1. The highest BCUT2D eigenvalue weighted by Crippen LogP contribution is 2.33. The maximum absolute atomic E-state index is 13.3. The van der Waals surface area contributed by atoms with Gasteiger partial charge in [-0.25, -0.2) is 0 Å². The van der Waals surface area contributed by atoms with Gasteiger partial charge in [-0.05, 0) is 63.1 Å². The lowest BCUT2D eigenvalue weighted by molar-refractivity contribution is -0.384. The standard InChI is InChI=1S/C24H22N2O3/c1-5-25-21-8-6-17(24(27)23-15(3)10-14(2)11-16(23)4)12-19(21)20-13-18(26(28)29)7-9-22(20)25/h6-13H,5H2,1-4H3. The molecule has 0 aliphatic rings. The van der Waals surface area contributed by atoms with Gasteiger partial charge in [-0.2, -0.15) is 0 Å². The summed E-state index contributed by atoms with van der Waals surface area (Å²) in [5.74, 6) is -0.0234. The van der Waals surface area contributed by atoms with Gasteiger partial charge in [0.05, 0.1) is 4.92 Å². The molecule has 0 bridgehead atoms. The molecule has 0 aliphatic carbocycles. The summed E-state index contributed by atoms with van der Waals surface area (Å²) in [6, 6.07) is 14.6. The van der Waals surface area contributed by atoms with E-state index in [-0.39, 0.29) is 16.4 Å². The molecule has 4 rings (SSSR count). The topological polar surface area (TPSA) is 65.1 Å². The van der Waals surface area contributed by atoms with Crippen molar-refractivity contribution in [2.75, 3.05) is 0 Å². The maximum atomic E-state index is 13.3. The zero-order valence-electron chi connectivity index (χ0n) is 16.9. The SMILES string of the molecule is CCn1c2ccc(C(=O)c3c(C)cc(C)cc3C)cc2c2cc([N+](=O)[O-])ccc21. The van der Waals surface area contributed by atoms with Crippen molar-refractivity contribution in [3.63, 3.8) is 0 Å². The predicted octanol–water partition coefficient (Wildman–Crippen LogP) is 5.88. The van der Waals surface area contributed by atoms with Crippen LogP contribution in [0.3, 0.4) is 0 Å². The van der Waals surface area contributed by atoms with Crippen molar-refractivity contribution < 1.29 is 9.72 Å². The smallest absolute Gasteiger partial charge is 0.270 e. The highest BCUT2D eigenvalue weighted by atomic mass is 16.6. The summed E-state index contributed by atoms with van der Waals surface area (Å²) in [4.78, 5) is 24.2. The third-order valence-electron chi connectivity index (χ3n) is 5.54. The van der Waals surface area contributed by atoms with Gasteiger partial charge in [0.1, 0.15) is 0 Å². The zero-order chi connectivity index (χ0) is 20.9. The fourth-order valence-corrected chi connectivity index (χ4v) is 4.37. The van der Waals surface area contributed by atoms with Gasteiger partial charge in [-0.3, -0.25) is 14.9 Å². The number of aryl methyl sites for hydroxylation is 4. The van der Waals surface area contributed by atoms with E-state index in [9.17, 15) is 14.9 Å². The number of nitrogens with zero attached hydrogens (tertiary/aromatic N) is 2. The Kier molecular flexibility index (Phi) is 4.46. The summed E-state index contributed by atoms with van der Waals surface area (Å²) in [5, 5.41) is 12.9. The van der Waals surface area contributed by atoms with E-state index in [0.29, 0.717) is 5.56 Å². The molecule has 0 saturated carbocycles. The van der Waals surface area contributed by atoms with Gasteiger partial charge in [0.25, 0.3) is 5.69 Å². The van der Waals surface area contributed by atoms with Gasteiger partial charge in [0.15, 0.2) is 5.78 Å². The summed E-state index contributed by atoms with van der Waals surface area (Å²) in [6.07, 6.45) is 0. The second kappa shape index (κ2) is 6.85. The van der Waals surface area contributed by atoms with Crippen molar-refractivity contribution in [1.82, 2.24) is 4.57 Å². The van der Waals surface area contributed by atoms with Crippen molar-refractivity contribution >= 4 is 33.3 Å². The maximum Gasteiger partial charge on any atom is 0.270 e. The minimum Gasteiger partial charge on any atom is -0.341 e. The van der Waals surface area contributed by atoms with E-state index >= 15 is 0 Å². The van der Waals surface area contributed by atoms with Crippen molar-refractivity contribution in [1.29, 1.82) is 0 Å². The first kappa shape index (κ1) is 18.9. The summed E-state index contributed by atoms with van der Waals surface area (Å²) in [7, 11) is 0. The molecule has 0 radical (unpaired) electrons. The fourth-order valence-electron chi connectivity index (χ4n) is 4.37. The Morgan fingerprint density at radius 2 is 1.52 bits per heavy atom. The zero-order valence-corrected chi connectivity index (χ0v) is 16.9. The molecular formula is C24H22N2O3. The van der Waals surface area contributed by atoms with E-state index in [4.69, 9.17) is 0 Å². The third kappa shape index (κ3) is 2.99. The van der Waals surface area contributed by atoms with Gasteiger partial charge in [-0.15, -0.1) is 0 Å².